The van der Waals surface area contributed by atoms with Gasteiger partial charge < -0.3 is 0 Å². The minimum Gasteiger partial charge on any atom is -0.0683 e. The van der Waals surface area contributed by atoms with E-state index in [4.69, 9.17) is 0 Å². The molecule has 0 aliphatic heterocycles. The van der Waals surface area contributed by atoms with Crippen molar-refractivity contribution in [1.29, 1.82) is 0 Å². The second-order valence-corrected chi connectivity index (χ2v) is 33.0. The minimum atomic E-state index is -0.278. The lowest BCUT2D eigenvalue weighted by Crippen LogP contribution is -2.35. The number of fused-ring (bicyclic) bond motifs is 27. The van der Waals surface area contributed by atoms with Crippen LogP contribution in [0.25, 0.3) is 33.4 Å². The SMILES string of the molecule is CC.CC.CC.CC.CC.CC.CC.CC.CC.CC.CC.CC.CCc1ccc2c(c1)C1(c3ccccc3Cc3ccccc31)c1ccc(Cc3cc(C)cc(C)c3)cc1-2.CCc1cccc2c1-c1ccc(Cc3cc(C)cc(C)c3)cc1C21c2ccccc2Cc2ccccc21.CCc1cccc2c1C1(c3ccccc3Cc3ccccc31)c1ccc(Cc3cc(C)cc(C)c3)cc1-2. The fraction of sp³-hybridized carbons (Fsp3) is 0.333. The molecule has 15 aromatic carbocycles. The van der Waals surface area contributed by atoms with Crippen molar-refractivity contribution in [2.75, 3.05) is 0 Å². The predicted octanol–water partition coefficient (Wildman–Crippen LogP) is 38.5. The highest BCUT2D eigenvalue weighted by Gasteiger charge is 2.54. The van der Waals surface area contributed by atoms with Crippen molar-refractivity contribution in [2.45, 2.75) is 303 Å². The quantitative estimate of drug-likeness (QED) is 0.135. The molecule has 0 N–H and O–H groups in total. The van der Waals surface area contributed by atoms with Crippen LogP contribution in [0, 0.1) is 41.5 Å². The molecule has 6 aliphatic rings. The highest BCUT2D eigenvalue weighted by atomic mass is 14.6. The van der Waals surface area contributed by atoms with Crippen LogP contribution in [0.1, 0.15) is 371 Å². The topological polar surface area (TPSA) is 0 Å². The number of hydrogen-bond acceptors (Lipinski definition) is 0. The van der Waals surface area contributed by atoms with Crippen molar-refractivity contribution in [3.05, 3.63) is 493 Å². The summed E-state index contributed by atoms with van der Waals surface area (Å²) in [6.07, 6.45) is 8.96. The first kappa shape index (κ1) is 110. The Morgan fingerprint density at radius 2 is 0.444 bits per heavy atom. The van der Waals surface area contributed by atoms with Gasteiger partial charge in [0.05, 0.1) is 16.2 Å². The maximum atomic E-state index is 2.53. The van der Waals surface area contributed by atoms with E-state index in [-0.39, 0.29) is 16.2 Å². The van der Waals surface area contributed by atoms with Crippen LogP contribution in [0.2, 0.25) is 0 Å². The molecular weight excluding hydrogens is 1620 g/mol. The third kappa shape index (κ3) is 21.9. The van der Waals surface area contributed by atoms with Crippen LogP contribution in [0.4, 0.5) is 0 Å². The molecule has 0 saturated heterocycles. The van der Waals surface area contributed by atoms with Crippen molar-refractivity contribution in [3.63, 3.8) is 0 Å². The van der Waals surface area contributed by atoms with E-state index < -0.39 is 0 Å². The van der Waals surface area contributed by atoms with Crippen LogP contribution in [-0.2, 0) is 74.0 Å². The largest absolute Gasteiger partial charge is 0.0721 e. The van der Waals surface area contributed by atoms with Gasteiger partial charge in [-0.15, -0.1) is 0 Å². The summed E-state index contributed by atoms with van der Waals surface area (Å²) in [6, 6.07) is 119. The summed E-state index contributed by atoms with van der Waals surface area (Å²) in [5, 5.41) is 0. The van der Waals surface area contributed by atoms with Crippen molar-refractivity contribution in [2.24, 2.45) is 0 Å². The van der Waals surface area contributed by atoms with Crippen LogP contribution in [0.3, 0.4) is 0 Å². The third-order valence-electron chi connectivity index (χ3n) is 25.8. The van der Waals surface area contributed by atoms with Gasteiger partial charge in [0.25, 0.3) is 0 Å². The molecule has 0 bridgehead atoms. The number of benzene rings is 15. The molecule has 0 heteroatoms. The summed E-state index contributed by atoms with van der Waals surface area (Å²) in [7, 11) is 0. The molecule has 0 nitrogen and oxygen atoms in total. The first-order chi connectivity index (χ1) is 66.3. The smallest absolute Gasteiger partial charge is 0.0683 e. The van der Waals surface area contributed by atoms with Crippen molar-refractivity contribution in [3.8, 4) is 33.4 Å². The molecule has 0 atom stereocenters. The van der Waals surface area contributed by atoms with E-state index in [2.05, 4.69) is 372 Å². The highest BCUT2D eigenvalue weighted by molar-refractivity contribution is 5.93. The van der Waals surface area contributed by atoms with Gasteiger partial charge in [-0.3, -0.25) is 0 Å². The summed E-state index contributed by atoms with van der Waals surface area (Å²) in [4.78, 5) is 0. The normalized spacial score (nSPS) is 12.2. The molecule has 0 radical (unpaired) electrons. The van der Waals surface area contributed by atoms with Gasteiger partial charge in [0.1, 0.15) is 0 Å². The maximum Gasteiger partial charge on any atom is 0.0721 e. The van der Waals surface area contributed by atoms with E-state index >= 15 is 0 Å². The van der Waals surface area contributed by atoms with Gasteiger partial charge in [0, 0.05) is 0 Å². The number of hydrogen-bond donors (Lipinski definition) is 0. The standard InChI is InChI=1S/3C37H32.12C2H6/c1-4-28-12-9-13-31-32-22-26(21-27-19-24(2)18-25(3)20-27)16-17-35(32)37(36(28)31)33-14-7-5-10-29(33)23-30-11-6-8-15-34(30)37;1-4-28-12-9-15-34-36(28)31-17-16-26(21-27-19-24(2)18-25(3)20-27)22-35(31)37(34)32-13-7-5-10-29(32)23-30-11-6-8-14-33(30)37;1-4-26-13-15-31-32-21-27(20-28-18-24(2)17-25(3)19-28)14-16-35(32)37(36(31)22-26)33-11-7-5-9-29(33)23-30-10-6-8-12-34(30)37;12*1-2/h2*5-20,22H,4,21,23H2,1-3H3;5-19,21-22H,4,20,23H2,1-3H3;12*1-2H3. The van der Waals surface area contributed by atoms with Crippen LogP contribution in [0.15, 0.2) is 309 Å². The van der Waals surface area contributed by atoms with Gasteiger partial charge in [-0.25, -0.2) is 0 Å². The van der Waals surface area contributed by atoms with Crippen LogP contribution >= 0.6 is 0 Å². The molecule has 0 fully saturated rings. The maximum absolute atomic E-state index is 2.53. The zero-order chi connectivity index (χ0) is 99.4. The van der Waals surface area contributed by atoms with Crippen molar-refractivity contribution >= 4 is 0 Å². The molecule has 0 saturated carbocycles. The van der Waals surface area contributed by atoms with Crippen molar-refractivity contribution in [1.82, 2.24) is 0 Å². The fourth-order valence-electron chi connectivity index (χ4n) is 21.8. The van der Waals surface area contributed by atoms with Gasteiger partial charge in [-0.1, -0.05) is 530 Å². The molecule has 15 aromatic rings. The highest BCUT2D eigenvalue weighted by Crippen LogP contribution is 2.64. The molecule has 135 heavy (non-hydrogen) atoms. The second-order valence-electron chi connectivity index (χ2n) is 33.0. The molecule has 0 amide bonds. The summed E-state index contributed by atoms with van der Waals surface area (Å²) in [5.74, 6) is 0. The Morgan fingerprint density at radius 1 is 0.178 bits per heavy atom. The molecule has 0 heterocycles. The van der Waals surface area contributed by atoms with Crippen LogP contribution < -0.4 is 0 Å². The Morgan fingerprint density at radius 3 is 0.800 bits per heavy atom. The van der Waals surface area contributed by atoms with Gasteiger partial charge in [0.2, 0.25) is 0 Å². The molecule has 21 rings (SSSR count). The first-order valence-electron chi connectivity index (χ1n) is 52.8. The molecular formula is C135H168. The van der Waals surface area contributed by atoms with E-state index in [1.54, 1.807) is 0 Å². The molecule has 0 unspecified atom stereocenters. The van der Waals surface area contributed by atoms with Crippen LogP contribution in [0.5, 0.6) is 0 Å². The zero-order valence-electron chi connectivity index (χ0n) is 89.8. The van der Waals surface area contributed by atoms with Crippen LogP contribution in [-0.4, -0.2) is 0 Å². The molecule has 3 spiro atoms. The van der Waals surface area contributed by atoms with E-state index in [0.29, 0.717) is 0 Å². The first-order valence-corrected chi connectivity index (χ1v) is 52.8. The average Bonchev–Trinajstić information content (AvgIpc) is 1.54. The Kier molecular flexibility index (Phi) is 43.8. The number of aryl methyl sites for hydroxylation is 9. The predicted molar refractivity (Wildman–Crippen MR) is 600 cm³/mol. The Balaban J connectivity index is 0.000000248. The van der Waals surface area contributed by atoms with Gasteiger partial charge in [0.15, 0.2) is 0 Å². The average molecular weight is 1790 g/mol. The monoisotopic (exact) mass is 1790 g/mol. The zero-order valence-corrected chi connectivity index (χ0v) is 89.8. The summed E-state index contributed by atoms with van der Waals surface area (Å²) >= 11 is 0. The fourth-order valence-corrected chi connectivity index (χ4v) is 21.8. The van der Waals surface area contributed by atoms with Gasteiger partial charge in [-0.05, 0) is 283 Å². The molecule has 6 aliphatic carbocycles. The lowest BCUT2D eigenvalue weighted by Gasteiger charge is -2.41. The summed E-state index contributed by atoms with van der Waals surface area (Å²) in [5.41, 5.74) is 54.4. The molecule has 708 valence electrons. The van der Waals surface area contributed by atoms with Gasteiger partial charge >= 0.3 is 0 Å². The number of rotatable bonds is 9. The van der Waals surface area contributed by atoms with E-state index in [9.17, 15) is 0 Å². The van der Waals surface area contributed by atoms with E-state index in [0.717, 1.165) is 57.8 Å². The lowest BCUT2D eigenvalue weighted by molar-refractivity contribution is 0.712. The van der Waals surface area contributed by atoms with Crippen molar-refractivity contribution < 1.29 is 0 Å². The molecule has 0 aromatic heterocycles. The van der Waals surface area contributed by atoms with Gasteiger partial charge in [-0.2, -0.15) is 0 Å². The summed E-state index contributed by atoms with van der Waals surface area (Å²) < 4.78 is 0. The van der Waals surface area contributed by atoms with E-state index in [1.165, 1.54) is 217 Å². The van der Waals surface area contributed by atoms with E-state index in [1.807, 2.05) is 166 Å². The second kappa shape index (κ2) is 53.6. The Hall–Kier alpha value is -11.7. The Bertz CT molecular complexity index is 6060. The Labute approximate surface area is 823 Å². The minimum absolute atomic E-state index is 0.263. The lowest BCUT2D eigenvalue weighted by atomic mass is 9.60. The summed E-state index contributed by atoms with van der Waals surface area (Å²) in [6.45, 7) is 68.1. The third-order valence-corrected chi connectivity index (χ3v) is 25.8.